The number of ether oxygens (including phenoxy) is 1. The van der Waals surface area contributed by atoms with Crippen LogP contribution < -0.4 is 11.1 Å². The van der Waals surface area contributed by atoms with Gasteiger partial charge in [-0.05, 0) is 38.5 Å². The maximum Gasteiger partial charge on any atom is 0.412 e. The van der Waals surface area contributed by atoms with Gasteiger partial charge in [0, 0.05) is 31.2 Å². The van der Waals surface area contributed by atoms with Crippen molar-refractivity contribution in [2.45, 2.75) is 45.4 Å². The van der Waals surface area contributed by atoms with Crippen LogP contribution in [0, 0.1) is 0 Å². The first kappa shape index (κ1) is 16.3. The van der Waals surface area contributed by atoms with E-state index in [1.807, 2.05) is 39.0 Å². The first-order chi connectivity index (χ1) is 10.2. The molecule has 0 bridgehead atoms. The number of likely N-dealkylation sites (tertiary alicyclic amines) is 1. The summed E-state index contributed by atoms with van der Waals surface area (Å²) >= 11 is 0. The molecular formula is C16H23N3O3. The Morgan fingerprint density at radius 2 is 2.18 bits per heavy atom. The Hall–Kier alpha value is -2.08. The van der Waals surface area contributed by atoms with Crippen molar-refractivity contribution in [3.63, 3.8) is 0 Å². The average Bonchev–Trinajstić information content (AvgIpc) is 2.65. The molecule has 0 saturated carbocycles. The summed E-state index contributed by atoms with van der Waals surface area (Å²) in [6.07, 6.45) is -0.0977. The van der Waals surface area contributed by atoms with Crippen LogP contribution in [-0.2, 0) is 16.1 Å². The summed E-state index contributed by atoms with van der Waals surface area (Å²) in [7, 11) is 0. The second-order valence-electron chi connectivity index (χ2n) is 6.57. The molecule has 1 aromatic carbocycles. The van der Waals surface area contributed by atoms with E-state index in [4.69, 9.17) is 10.5 Å². The molecule has 1 aliphatic rings. The molecular weight excluding hydrogens is 282 g/mol. The number of carbonyl (C=O) groups is 2. The summed E-state index contributed by atoms with van der Waals surface area (Å²) in [5.74, 6) is 0.0676. The number of nitrogens with one attached hydrogen (secondary N) is 1. The highest BCUT2D eigenvalue weighted by Crippen LogP contribution is 2.17. The standard InChI is InChI=1S/C16H23N3O3/c1-16(2,3)22-15(21)18-13-6-4-5-11(7-13)9-19-10-12(17)8-14(19)20/h4-7,12H,8-10,17H2,1-3H3,(H,18,21). The van der Waals surface area contributed by atoms with Crippen LogP contribution >= 0.6 is 0 Å². The number of amides is 2. The van der Waals surface area contributed by atoms with Crippen molar-refractivity contribution >= 4 is 17.7 Å². The van der Waals surface area contributed by atoms with Crippen molar-refractivity contribution in [1.82, 2.24) is 4.90 Å². The predicted molar refractivity (Wildman–Crippen MR) is 84.3 cm³/mol. The molecule has 0 radical (unpaired) electrons. The van der Waals surface area contributed by atoms with Gasteiger partial charge in [-0.2, -0.15) is 0 Å². The van der Waals surface area contributed by atoms with Gasteiger partial charge in [-0.1, -0.05) is 12.1 Å². The molecule has 1 saturated heterocycles. The highest BCUT2D eigenvalue weighted by atomic mass is 16.6. The second-order valence-corrected chi connectivity index (χ2v) is 6.57. The number of hydrogen-bond donors (Lipinski definition) is 2. The fourth-order valence-corrected chi connectivity index (χ4v) is 2.34. The lowest BCUT2D eigenvalue weighted by Crippen LogP contribution is -2.28. The van der Waals surface area contributed by atoms with Crippen LogP contribution in [0.1, 0.15) is 32.8 Å². The lowest BCUT2D eigenvalue weighted by Gasteiger charge is -2.20. The zero-order valence-electron chi connectivity index (χ0n) is 13.3. The van der Waals surface area contributed by atoms with E-state index in [2.05, 4.69) is 5.32 Å². The largest absolute Gasteiger partial charge is 0.444 e. The summed E-state index contributed by atoms with van der Waals surface area (Å²) in [6.45, 7) is 6.50. The quantitative estimate of drug-likeness (QED) is 0.895. The number of nitrogens with two attached hydrogens (primary N) is 1. The van der Waals surface area contributed by atoms with Gasteiger partial charge in [0.1, 0.15) is 5.60 Å². The molecule has 1 aliphatic heterocycles. The third kappa shape index (κ3) is 4.73. The summed E-state index contributed by atoms with van der Waals surface area (Å²) in [5.41, 5.74) is 6.83. The van der Waals surface area contributed by atoms with Crippen molar-refractivity contribution in [3.8, 4) is 0 Å². The van der Waals surface area contributed by atoms with Crippen LogP contribution in [0.3, 0.4) is 0 Å². The molecule has 0 aromatic heterocycles. The Bertz CT molecular complexity index is 566. The first-order valence-electron chi connectivity index (χ1n) is 7.35. The van der Waals surface area contributed by atoms with Crippen LogP contribution in [0.25, 0.3) is 0 Å². The van der Waals surface area contributed by atoms with Crippen LogP contribution in [-0.4, -0.2) is 35.1 Å². The highest BCUT2D eigenvalue weighted by molar-refractivity contribution is 5.85. The monoisotopic (exact) mass is 305 g/mol. The van der Waals surface area contributed by atoms with Crippen molar-refractivity contribution in [1.29, 1.82) is 0 Å². The maximum atomic E-state index is 11.8. The molecule has 6 heteroatoms. The number of rotatable bonds is 3. The van der Waals surface area contributed by atoms with Gasteiger partial charge in [0.2, 0.25) is 5.91 Å². The second kappa shape index (κ2) is 6.36. The lowest BCUT2D eigenvalue weighted by atomic mass is 10.2. The van der Waals surface area contributed by atoms with E-state index in [1.54, 1.807) is 11.0 Å². The van der Waals surface area contributed by atoms with Gasteiger partial charge in [-0.15, -0.1) is 0 Å². The van der Waals surface area contributed by atoms with Crippen LogP contribution in [0.5, 0.6) is 0 Å². The number of hydrogen-bond acceptors (Lipinski definition) is 4. The van der Waals surface area contributed by atoms with Gasteiger partial charge < -0.3 is 15.4 Å². The van der Waals surface area contributed by atoms with Crippen molar-refractivity contribution < 1.29 is 14.3 Å². The Morgan fingerprint density at radius 3 is 2.77 bits per heavy atom. The molecule has 3 N–H and O–H groups in total. The molecule has 22 heavy (non-hydrogen) atoms. The Morgan fingerprint density at radius 1 is 1.45 bits per heavy atom. The van der Waals surface area contributed by atoms with Gasteiger partial charge >= 0.3 is 6.09 Å². The topological polar surface area (TPSA) is 84.7 Å². The Labute approximate surface area is 130 Å². The minimum Gasteiger partial charge on any atom is -0.444 e. The molecule has 6 nitrogen and oxygen atoms in total. The summed E-state index contributed by atoms with van der Waals surface area (Å²) in [5, 5.41) is 2.69. The first-order valence-corrected chi connectivity index (χ1v) is 7.35. The predicted octanol–water partition coefficient (Wildman–Crippen LogP) is 2.09. The van der Waals surface area contributed by atoms with E-state index in [0.29, 0.717) is 25.2 Å². The van der Waals surface area contributed by atoms with Crippen molar-refractivity contribution in [3.05, 3.63) is 29.8 Å². The van der Waals surface area contributed by atoms with Gasteiger partial charge in [-0.3, -0.25) is 10.1 Å². The molecule has 0 spiro atoms. The number of benzene rings is 1. The van der Waals surface area contributed by atoms with Crippen molar-refractivity contribution in [2.24, 2.45) is 5.73 Å². The third-order valence-electron chi connectivity index (χ3n) is 3.19. The Kier molecular flexibility index (Phi) is 4.71. The third-order valence-corrected chi connectivity index (χ3v) is 3.19. The van der Waals surface area contributed by atoms with E-state index in [9.17, 15) is 9.59 Å². The molecule has 2 amide bonds. The minimum absolute atomic E-state index is 0.0676. The molecule has 1 heterocycles. The Balaban J connectivity index is 1.98. The molecule has 1 fully saturated rings. The fraction of sp³-hybridized carbons (Fsp3) is 0.500. The van der Waals surface area contributed by atoms with E-state index in [-0.39, 0.29) is 11.9 Å². The zero-order chi connectivity index (χ0) is 16.3. The molecule has 2 rings (SSSR count). The minimum atomic E-state index is -0.542. The van der Waals surface area contributed by atoms with Gasteiger partial charge in [0.15, 0.2) is 0 Å². The maximum absolute atomic E-state index is 11.8. The lowest BCUT2D eigenvalue weighted by molar-refractivity contribution is -0.128. The number of anilines is 1. The number of nitrogens with zero attached hydrogens (tertiary/aromatic N) is 1. The average molecular weight is 305 g/mol. The van der Waals surface area contributed by atoms with E-state index in [1.165, 1.54) is 0 Å². The van der Waals surface area contributed by atoms with Crippen LogP contribution in [0.2, 0.25) is 0 Å². The molecule has 1 aromatic rings. The van der Waals surface area contributed by atoms with E-state index < -0.39 is 11.7 Å². The van der Waals surface area contributed by atoms with Gasteiger partial charge in [-0.25, -0.2) is 4.79 Å². The smallest absolute Gasteiger partial charge is 0.412 e. The van der Waals surface area contributed by atoms with Crippen molar-refractivity contribution in [2.75, 3.05) is 11.9 Å². The molecule has 0 aliphatic carbocycles. The highest BCUT2D eigenvalue weighted by Gasteiger charge is 2.26. The normalized spacial score (nSPS) is 18.5. The zero-order valence-corrected chi connectivity index (χ0v) is 13.3. The number of carbonyl (C=O) groups excluding carboxylic acids is 2. The summed E-state index contributed by atoms with van der Waals surface area (Å²) < 4.78 is 5.21. The SMILES string of the molecule is CC(C)(C)OC(=O)Nc1cccc(CN2CC(N)CC2=O)c1. The summed E-state index contributed by atoms with van der Waals surface area (Å²) in [6, 6.07) is 7.28. The van der Waals surface area contributed by atoms with E-state index >= 15 is 0 Å². The van der Waals surface area contributed by atoms with E-state index in [0.717, 1.165) is 5.56 Å². The van der Waals surface area contributed by atoms with Crippen LogP contribution in [0.4, 0.5) is 10.5 Å². The van der Waals surface area contributed by atoms with Crippen LogP contribution in [0.15, 0.2) is 24.3 Å². The molecule has 1 atom stereocenters. The fourth-order valence-electron chi connectivity index (χ4n) is 2.34. The molecule has 120 valence electrons. The molecule has 1 unspecified atom stereocenters. The summed E-state index contributed by atoms with van der Waals surface area (Å²) in [4.78, 5) is 25.3. The van der Waals surface area contributed by atoms with Gasteiger partial charge in [0.25, 0.3) is 0 Å². The van der Waals surface area contributed by atoms with Gasteiger partial charge in [0.05, 0.1) is 0 Å².